The number of benzene rings is 1. The normalized spacial score (nSPS) is 19.4. The zero-order valence-corrected chi connectivity index (χ0v) is 14.7. The van der Waals surface area contributed by atoms with Gasteiger partial charge in [-0.25, -0.2) is 8.42 Å². The SMILES string of the molecule is CC(C)NC(=O)c1ccc2c(c1)C1(CCCC1)CN2S(C)(=O)=O. The molecule has 1 amide bonds. The largest absolute Gasteiger partial charge is 0.350 e. The van der Waals surface area contributed by atoms with E-state index < -0.39 is 10.0 Å². The molecule has 1 N–H and O–H groups in total. The number of nitrogens with zero attached hydrogens (tertiary/aromatic N) is 1. The lowest BCUT2D eigenvalue weighted by molar-refractivity contribution is 0.0943. The lowest BCUT2D eigenvalue weighted by atomic mass is 9.80. The minimum absolute atomic E-state index is 0.0729. The van der Waals surface area contributed by atoms with E-state index >= 15 is 0 Å². The molecule has 1 aromatic carbocycles. The van der Waals surface area contributed by atoms with E-state index in [9.17, 15) is 13.2 Å². The summed E-state index contributed by atoms with van der Waals surface area (Å²) in [5.41, 5.74) is 2.26. The fourth-order valence-corrected chi connectivity index (χ4v) is 4.88. The van der Waals surface area contributed by atoms with Crippen molar-refractivity contribution >= 4 is 21.6 Å². The van der Waals surface area contributed by atoms with Crippen molar-refractivity contribution < 1.29 is 13.2 Å². The highest BCUT2D eigenvalue weighted by atomic mass is 32.2. The van der Waals surface area contributed by atoms with Crippen LogP contribution in [0.15, 0.2) is 18.2 Å². The Morgan fingerprint density at radius 3 is 2.48 bits per heavy atom. The van der Waals surface area contributed by atoms with Crippen molar-refractivity contribution in [3.63, 3.8) is 0 Å². The van der Waals surface area contributed by atoms with E-state index in [1.54, 1.807) is 12.1 Å². The second-order valence-electron chi connectivity index (χ2n) is 7.12. The highest BCUT2D eigenvalue weighted by Crippen LogP contribution is 2.51. The summed E-state index contributed by atoms with van der Waals surface area (Å²) in [5.74, 6) is -0.103. The Morgan fingerprint density at radius 2 is 1.91 bits per heavy atom. The zero-order valence-electron chi connectivity index (χ0n) is 13.9. The third kappa shape index (κ3) is 2.84. The fraction of sp³-hybridized carbons (Fsp3) is 0.588. The summed E-state index contributed by atoms with van der Waals surface area (Å²) in [6.07, 6.45) is 5.45. The van der Waals surface area contributed by atoms with Crippen LogP contribution in [0, 0.1) is 0 Å². The molecule has 0 atom stereocenters. The van der Waals surface area contributed by atoms with Crippen LogP contribution < -0.4 is 9.62 Å². The van der Waals surface area contributed by atoms with Gasteiger partial charge in [0.15, 0.2) is 0 Å². The van der Waals surface area contributed by atoms with Crippen LogP contribution in [0.2, 0.25) is 0 Å². The highest BCUT2D eigenvalue weighted by molar-refractivity contribution is 7.92. The van der Waals surface area contributed by atoms with Crippen molar-refractivity contribution in [3.8, 4) is 0 Å². The predicted molar refractivity (Wildman–Crippen MR) is 91.4 cm³/mol. The maximum Gasteiger partial charge on any atom is 0.251 e. The molecular weight excluding hydrogens is 312 g/mol. The number of amides is 1. The lowest BCUT2D eigenvalue weighted by Crippen LogP contribution is -2.34. The predicted octanol–water partition coefficient (Wildman–Crippen LogP) is 2.42. The van der Waals surface area contributed by atoms with E-state index in [0.717, 1.165) is 36.9 Å². The number of carbonyl (C=O) groups is 1. The number of fused-ring (bicyclic) bond motifs is 2. The maximum atomic E-state index is 12.3. The van der Waals surface area contributed by atoms with Gasteiger partial charge < -0.3 is 5.32 Å². The van der Waals surface area contributed by atoms with E-state index in [4.69, 9.17) is 0 Å². The molecule has 1 aliphatic carbocycles. The Bertz CT molecular complexity index is 734. The number of sulfonamides is 1. The molecule has 3 rings (SSSR count). The van der Waals surface area contributed by atoms with Gasteiger partial charge in [-0.15, -0.1) is 0 Å². The first-order valence-corrected chi connectivity index (χ1v) is 10.0. The summed E-state index contributed by atoms with van der Waals surface area (Å²) in [6, 6.07) is 5.49. The molecule has 1 aromatic rings. The van der Waals surface area contributed by atoms with Gasteiger partial charge in [0.05, 0.1) is 11.9 Å². The summed E-state index contributed by atoms with van der Waals surface area (Å²) in [6.45, 7) is 4.36. The van der Waals surface area contributed by atoms with Crippen LogP contribution in [-0.2, 0) is 15.4 Å². The fourth-order valence-electron chi connectivity index (χ4n) is 3.89. The van der Waals surface area contributed by atoms with E-state index in [0.29, 0.717) is 12.1 Å². The molecule has 0 saturated heterocycles. The molecule has 2 aliphatic rings. The number of nitrogens with one attached hydrogen (secondary N) is 1. The number of anilines is 1. The second-order valence-corrected chi connectivity index (χ2v) is 9.02. The minimum atomic E-state index is -3.30. The van der Waals surface area contributed by atoms with E-state index in [1.807, 2.05) is 19.9 Å². The van der Waals surface area contributed by atoms with E-state index in [-0.39, 0.29) is 17.4 Å². The van der Waals surface area contributed by atoms with Crippen LogP contribution in [0.5, 0.6) is 0 Å². The number of hydrogen-bond acceptors (Lipinski definition) is 3. The van der Waals surface area contributed by atoms with E-state index in [2.05, 4.69) is 5.32 Å². The minimum Gasteiger partial charge on any atom is -0.350 e. The number of rotatable bonds is 3. The average molecular weight is 336 g/mol. The first kappa shape index (κ1) is 16.3. The van der Waals surface area contributed by atoms with Crippen molar-refractivity contribution in [3.05, 3.63) is 29.3 Å². The van der Waals surface area contributed by atoms with Gasteiger partial charge in [0.25, 0.3) is 5.91 Å². The Morgan fingerprint density at radius 1 is 1.26 bits per heavy atom. The number of hydrogen-bond donors (Lipinski definition) is 1. The van der Waals surface area contributed by atoms with Crippen LogP contribution in [0.25, 0.3) is 0 Å². The molecule has 126 valence electrons. The standard InChI is InChI=1S/C17H24N2O3S/c1-12(2)18-16(20)13-6-7-15-14(10-13)17(8-4-5-9-17)11-19(15)23(3,21)22/h6-7,10,12H,4-5,8-9,11H2,1-3H3,(H,18,20). The molecule has 23 heavy (non-hydrogen) atoms. The van der Waals surface area contributed by atoms with Gasteiger partial charge in [-0.05, 0) is 50.5 Å². The van der Waals surface area contributed by atoms with Gasteiger partial charge in [-0.1, -0.05) is 12.8 Å². The zero-order chi connectivity index (χ0) is 16.8. The van der Waals surface area contributed by atoms with Crippen molar-refractivity contribution in [2.45, 2.75) is 51.0 Å². The van der Waals surface area contributed by atoms with Gasteiger partial charge in [-0.3, -0.25) is 9.10 Å². The lowest BCUT2D eigenvalue weighted by Gasteiger charge is -2.24. The van der Waals surface area contributed by atoms with Crippen LogP contribution in [0.1, 0.15) is 55.5 Å². The second kappa shape index (κ2) is 5.51. The summed E-state index contributed by atoms with van der Waals surface area (Å²) < 4.78 is 25.8. The Balaban J connectivity index is 2.06. The van der Waals surface area contributed by atoms with Gasteiger partial charge in [0, 0.05) is 23.6 Å². The molecule has 0 unspecified atom stereocenters. The third-order valence-corrected chi connectivity index (χ3v) is 6.05. The molecule has 0 radical (unpaired) electrons. The van der Waals surface area contributed by atoms with Crippen molar-refractivity contribution in [1.29, 1.82) is 0 Å². The Hall–Kier alpha value is -1.56. The highest BCUT2D eigenvalue weighted by Gasteiger charge is 2.47. The summed E-state index contributed by atoms with van der Waals surface area (Å²) in [5, 5.41) is 2.90. The number of carbonyl (C=O) groups excluding carboxylic acids is 1. The first-order valence-electron chi connectivity index (χ1n) is 8.16. The molecule has 1 aliphatic heterocycles. The Labute approximate surface area is 138 Å². The summed E-state index contributed by atoms with van der Waals surface area (Å²) in [4.78, 5) is 12.3. The maximum absolute atomic E-state index is 12.3. The molecule has 1 spiro atoms. The van der Waals surface area contributed by atoms with Crippen molar-refractivity contribution in [1.82, 2.24) is 5.32 Å². The quantitative estimate of drug-likeness (QED) is 0.922. The van der Waals surface area contributed by atoms with Gasteiger partial charge in [0.2, 0.25) is 10.0 Å². The summed E-state index contributed by atoms with van der Waals surface area (Å²) in [7, 11) is -3.30. The van der Waals surface area contributed by atoms with Crippen LogP contribution in [0.3, 0.4) is 0 Å². The van der Waals surface area contributed by atoms with Crippen molar-refractivity contribution in [2.75, 3.05) is 17.1 Å². The van der Waals surface area contributed by atoms with Gasteiger partial charge in [-0.2, -0.15) is 0 Å². The molecule has 6 heteroatoms. The monoisotopic (exact) mass is 336 g/mol. The molecule has 1 saturated carbocycles. The Kier molecular flexibility index (Phi) is 3.91. The molecule has 0 aromatic heterocycles. The third-order valence-electron chi connectivity index (χ3n) is 4.93. The molecule has 1 heterocycles. The first-order chi connectivity index (χ1) is 10.7. The molecule has 0 bridgehead atoms. The molecule has 5 nitrogen and oxygen atoms in total. The van der Waals surface area contributed by atoms with Gasteiger partial charge in [0.1, 0.15) is 0 Å². The summed E-state index contributed by atoms with van der Waals surface area (Å²) >= 11 is 0. The van der Waals surface area contributed by atoms with Crippen LogP contribution >= 0.6 is 0 Å². The topological polar surface area (TPSA) is 66.5 Å². The van der Waals surface area contributed by atoms with E-state index in [1.165, 1.54) is 10.6 Å². The molecular formula is C17H24N2O3S. The van der Waals surface area contributed by atoms with Crippen molar-refractivity contribution in [2.24, 2.45) is 0 Å². The van der Waals surface area contributed by atoms with Gasteiger partial charge >= 0.3 is 0 Å². The van der Waals surface area contributed by atoms with Crippen LogP contribution in [-0.4, -0.2) is 33.2 Å². The molecule has 1 fully saturated rings. The smallest absolute Gasteiger partial charge is 0.251 e. The van der Waals surface area contributed by atoms with Crippen LogP contribution in [0.4, 0.5) is 5.69 Å². The average Bonchev–Trinajstić information content (AvgIpc) is 3.04.